The summed E-state index contributed by atoms with van der Waals surface area (Å²) in [6, 6.07) is 16.9. The lowest BCUT2D eigenvalue weighted by atomic mass is 10.1. The van der Waals surface area contributed by atoms with Crippen molar-refractivity contribution in [1.29, 1.82) is 0 Å². The summed E-state index contributed by atoms with van der Waals surface area (Å²) in [7, 11) is 1.51. The van der Waals surface area contributed by atoms with Gasteiger partial charge in [-0.25, -0.2) is 4.39 Å². The summed E-state index contributed by atoms with van der Waals surface area (Å²) in [4.78, 5) is 12.5. The Kier molecular flexibility index (Phi) is 4.90. The van der Waals surface area contributed by atoms with Gasteiger partial charge in [-0.15, -0.1) is 0 Å². The number of carbonyl (C=O) groups is 1. The number of nitrogens with one attached hydrogen (secondary N) is 2. The Morgan fingerprint density at radius 3 is 2.32 bits per heavy atom. The van der Waals surface area contributed by atoms with E-state index in [-0.39, 0.29) is 16.8 Å². The molecule has 0 spiro atoms. The lowest BCUT2D eigenvalue weighted by molar-refractivity contribution is 0.0975. The first-order chi connectivity index (χ1) is 12.1. The van der Waals surface area contributed by atoms with E-state index in [1.54, 1.807) is 12.1 Å². The summed E-state index contributed by atoms with van der Waals surface area (Å²) in [5, 5.41) is 7.46. The van der Waals surface area contributed by atoms with Crippen molar-refractivity contribution in [2.24, 2.45) is 0 Å². The Labute approximate surface area is 149 Å². The third-order valence-electron chi connectivity index (χ3n) is 3.64. The molecule has 0 radical (unpaired) electrons. The van der Waals surface area contributed by atoms with Crippen LogP contribution in [0.2, 0.25) is 0 Å². The van der Waals surface area contributed by atoms with Crippen LogP contribution in [0.1, 0.15) is 10.4 Å². The van der Waals surface area contributed by atoms with Crippen LogP contribution in [0, 0.1) is 5.82 Å². The summed E-state index contributed by atoms with van der Waals surface area (Å²) < 4.78 is 18.2. The Morgan fingerprint density at radius 1 is 1.04 bits per heavy atom. The van der Waals surface area contributed by atoms with E-state index in [1.807, 2.05) is 24.3 Å². The van der Waals surface area contributed by atoms with Gasteiger partial charge in [0.1, 0.15) is 11.6 Å². The number of hydrogen-bond acceptors (Lipinski definition) is 3. The van der Waals surface area contributed by atoms with Crippen molar-refractivity contribution in [3.05, 3.63) is 72.0 Å². The van der Waals surface area contributed by atoms with Gasteiger partial charge in [0.15, 0.2) is 5.11 Å². The fourth-order valence-corrected chi connectivity index (χ4v) is 2.64. The van der Waals surface area contributed by atoms with Crippen LogP contribution >= 0.6 is 12.2 Å². The van der Waals surface area contributed by atoms with Crippen molar-refractivity contribution < 1.29 is 13.9 Å². The molecule has 4 nitrogen and oxygen atoms in total. The molecule has 0 heterocycles. The average Bonchev–Trinajstić information content (AvgIpc) is 2.62. The number of ether oxygens (including phenoxy) is 1. The number of anilines is 1. The molecule has 0 aliphatic rings. The van der Waals surface area contributed by atoms with E-state index in [4.69, 9.17) is 17.0 Å². The maximum Gasteiger partial charge on any atom is 0.261 e. The van der Waals surface area contributed by atoms with Gasteiger partial charge < -0.3 is 10.1 Å². The maximum atomic E-state index is 12.9. The molecule has 6 heteroatoms. The summed E-state index contributed by atoms with van der Waals surface area (Å²) >= 11 is 5.14. The standard InChI is InChI=1S/C19H15FN2O2S/c1-24-17-11-13-5-3-2-4-12(13)10-16(17)18(23)22-19(25)21-15-8-6-14(20)7-9-15/h2-11H,1H3,(H2,21,22,23,25). The monoisotopic (exact) mass is 354 g/mol. The van der Waals surface area contributed by atoms with Crippen molar-refractivity contribution in [3.8, 4) is 5.75 Å². The number of halogens is 1. The minimum Gasteiger partial charge on any atom is -0.496 e. The first-order valence-electron chi connectivity index (χ1n) is 7.51. The number of methoxy groups -OCH3 is 1. The molecule has 126 valence electrons. The molecule has 0 aliphatic heterocycles. The lowest BCUT2D eigenvalue weighted by Crippen LogP contribution is -2.34. The highest BCUT2D eigenvalue weighted by molar-refractivity contribution is 7.80. The molecular formula is C19H15FN2O2S. The van der Waals surface area contributed by atoms with E-state index in [0.717, 1.165) is 10.8 Å². The van der Waals surface area contributed by atoms with Gasteiger partial charge in [-0.3, -0.25) is 10.1 Å². The van der Waals surface area contributed by atoms with E-state index < -0.39 is 0 Å². The van der Waals surface area contributed by atoms with Gasteiger partial charge in [-0.1, -0.05) is 24.3 Å². The average molecular weight is 354 g/mol. The molecule has 3 aromatic carbocycles. The van der Waals surface area contributed by atoms with Gasteiger partial charge in [0.2, 0.25) is 0 Å². The molecule has 0 aromatic heterocycles. The fourth-order valence-electron chi connectivity index (χ4n) is 2.43. The van der Waals surface area contributed by atoms with Gasteiger partial charge in [-0.2, -0.15) is 0 Å². The highest BCUT2D eigenvalue weighted by atomic mass is 32.1. The Hall–Kier alpha value is -2.99. The van der Waals surface area contributed by atoms with Gasteiger partial charge >= 0.3 is 0 Å². The highest BCUT2D eigenvalue weighted by Gasteiger charge is 2.15. The van der Waals surface area contributed by atoms with Crippen LogP contribution in [-0.4, -0.2) is 18.1 Å². The number of carbonyl (C=O) groups excluding carboxylic acids is 1. The van der Waals surface area contributed by atoms with Crippen LogP contribution in [0.3, 0.4) is 0 Å². The topological polar surface area (TPSA) is 50.4 Å². The van der Waals surface area contributed by atoms with Gasteiger partial charge in [0.25, 0.3) is 5.91 Å². The minimum atomic E-state index is -0.387. The fraction of sp³-hybridized carbons (Fsp3) is 0.0526. The highest BCUT2D eigenvalue weighted by Crippen LogP contribution is 2.25. The molecule has 0 atom stereocenters. The SMILES string of the molecule is COc1cc2ccccc2cc1C(=O)NC(=S)Nc1ccc(F)cc1. The van der Waals surface area contributed by atoms with E-state index in [9.17, 15) is 9.18 Å². The number of amides is 1. The summed E-state index contributed by atoms with van der Waals surface area (Å²) in [5.41, 5.74) is 0.960. The zero-order chi connectivity index (χ0) is 17.8. The first kappa shape index (κ1) is 16.9. The first-order valence-corrected chi connectivity index (χ1v) is 7.92. The number of thiocarbonyl (C=S) groups is 1. The second-order valence-electron chi connectivity index (χ2n) is 5.31. The lowest BCUT2D eigenvalue weighted by Gasteiger charge is -2.12. The molecule has 0 saturated carbocycles. The smallest absolute Gasteiger partial charge is 0.261 e. The zero-order valence-corrected chi connectivity index (χ0v) is 14.2. The quantitative estimate of drug-likeness (QED) is 0.695. The van der Waals surface area contributed by atoms with Gasteiger partial charge in [0.05, 0.1) is 12.7 Å². The third kappa shape index (κ3) is 3.92. The van der Waals surface area contributed by atoms with Crippen LogP contribution in [0.15, 0.2) is 60.7 Å². The normalized spacial score (nSPS) is 10.3. The predicted molar refractivity (Wildman–Crippen MR) is 101 cm³/mol. The molecule has 2 N–H and O–H groups in total. The predicted octanol–water partition coefficient (Wildman–Crippen LogP) is 4.11. The van der Waals surface area contributed by atoms with Crippen molar-refractivity contribution in [1.82, 2.24) is 5.32 Å². The number of rotatable bonds is 3. The van der Waals surface area contributed by atoms with Crippen LogP contribution in [-0.2, 0) is 0 Å². The van der Waals surface area contributed by atoms with E-state index in [1.165, 1.54) is 31.4 Å². The van der Waals surface area contributed by atoms with E-state index in [2.05, 4.69) is 10.6 Å². The molecule has 3 rings (SSSR count). The Morgan fingerprint density at radius 2 is 1.68 bits per heavy atom. The van der Waals surface area contributed by atoms with Crippen LogP contribution in [0.25, 0.3) is 10.8 Å². The van der Waals surface area contributed by atoms with Crippen LogP contribution in [0.4, 0.5) is 10.1 Å². The van der Waals surface area contributed by atoms with Gasteiger partial charge in [0, 0.05) is 5.69 Å². The van der Waals surface area contributed by atoms with Crippen LogP contribution < -0.4 is 15.4 Å². The van der Waals surface area contributed by atoms with Crippen molar-refractivity contribution in [3.63, 3.8) is 0 Å². The van der Waals surface area contributed by atoms with Crippen molar-refractivity contribution in [2.45, 2.75) is 0 Å². The van der Waals surface area contributed by atoms with E-state index in [0.29, 0.717) is 17.0 Å². The molecular weight excluding hydrogens is 339 g/mol. The van der Waals surface area contributed by atoms with E-state index >= 15 is 0 Å². The largest absolute Gasteiger partial charge is 0.496 e. The number of fused-ring (bicyclic) bond motifs is 1. The summed E-state index contributed by atoms with van der Waals surface area (Å²) in [6.07, 6.45) is 0. The maximum absolute atomic E-state index is 12.9. The number of benzene rings is 3. The second kappa shape index (κ2) is 7.27. The van der Waals surface area contributed by atoms with Gasteiger partial charge in [-0.05, 0) is 59.4 Å². The minimum absolute atomic E-state index is 0.117. The number of hydrogen-bond donors (Lipinski definition) is 2. The molecule has 1 amide bonds. The second-order valence-corrected chi connectivity index (χ2v) is 5.72. The zero-order valence-electron chi connectivity index (χ0n) is 13.4. The molecule has 3 aromatic rings. The summed E-state index contributed by atoms with van der Waals surface area (Å²) in [5.74, 6) is -0.274. The van der Waals surface area contributed by atoms with Crippen LogP contribution in [0.5, 0.6) is 5.75 Å². The molecule has 0 saturated heterocycles. The van der Waals surface area contributed by atoms with Crippen molar-refractivity contribution in [2.75, 3.05) is 12.4 Å². The molecule has 25 heavy (non-hydrogen) atoms. The Balaban J connectivity index is 1.79. The molecule has 0 fully saturated rings. The molecule has 0 aliphatic carbocycles. The summed E-state index contributed by atoms with van der Waals surface area (Å²) in [6.45, 7) is 0. The third-order valence-corrected chi connectivity index (χ3v) is 3.85. The molecule has 0 bridgehead atoms. The van der Waals surface area contributed by atoms with Crippen molar-refractivity contribution >= 4 is 39.7 Å². The Bertz CT molecular complexity index is 942. The molecule has 0 unspecified atom stereocenters.